The molecule has 42 heavy (non-hydrogen) atoms. The van der Waals surface area contributed by atoms with Gasteiger partial charge in [0.25, 0.3) is 0 Å². The summed E-state index contributed by atoms with van der Waals surface area (Å²) in [5.41, 5.74) is 0. The van der Waals surface area contributed by atoms with E-state index >= 15 is 0 Å². The molecule has 0 aromatic heterocycles. The van der Waals surface area contributed by atoms with Gasteiger partial charge in [-0.2, -0.15) is 0 Å². The fraction of sp³-hybridized carbons (Fsp3) is 0.941. The number of ether oxygens (including phenoxy) is 6. The molecule has 0 saturated carbocycles. The summed E-state index contributed by atoms with van der Waals surface area (Å²) in [6, 6.07) is 0. The van der Waals surface area contributed by atoms with E-state index in [9.17, 15) is 9.59 Å². The Kier molecular flexibility index (Phi) is 33.3. The van der Waals surface area contributed by atoms with Crippen LogP contribution < -0.4 is 0 Å². The number of hydrogen-bond acceptors (Lipinski definition) is 8. The second kappa shape index (κ2) is 34.3. The first-order valence-corrected chi connectivity index (χ1v) is 17.3. The van der Waals surface area contributed by atoms with Crippen LogP contribution in [0.25, 0.3) is 0 Å². The zero-order valence-corrected chi connectivity index (χ0v) is 27.6. The van der Waals surface area contributed by atoms with Gasteiger partial charge in [0.05, 0.1) is 58.8 Å². The third-order valence-corrected chi connectivity index (χ3v) is 7.30. The molecule has 0 saturated heterocycles. The quantitative estimate of drug-likeness (QED) is 0.0544. The average Bonchev–Trinajstić information content (AvgIpc) is 2.99. The van der Waals surface area contributed by atoms with Gasteiger partial charge in [-0.3, -0.25) is 9.59 Å². The van der Waals surface area contributed by atoms with Gasteiger partial charge in [-0.05, 0) is 19.3 Å². The van der Waals surface area contributed by atoms with Crippen molar-refractivity contribution < 1.29 is 38.0 Å². The van der Waals surface area contributed by atoms with Crippen molar-refractivity contribution in [3.63, 3.8) is 0 Å². The minimum absolute atomic E-state index is 0.000111. The van der Waals surface area contributed by atoms with Crippen LogP contribution in [-0.2, 0) is 38.0 Å². The molecule has 0 rings (SSSR count). The Bertz CT molecular complexity index is 572. The molecule has 0 aliphatic rings. The number of rotatable bonds is 34. The fourth-order valence-corrected chi connectivity index (χ4v) is 4.59. The highest BCUT2D eigenvalue weighted by Crippen LogP contribution is 2.14. The summed E-state index contributed by atoms with van der Waals surface area (Å²) >= 11 is 0. The third kappa shape index (κ3) is 30.2. The summed E-state index contributed by atoms with van der Waals surface area (Å²) < 4.78 is 32.4. The van der Waals surface area contributed by atoms with Crippen LogP contribution in [0.4, 0.5) is 0 Å². The Labute approximate surface area is 258 Å². The number of unbranched alkanes of at least 4 members (excludes halogenated alkanes) is 13. The molecular formula is C34H66O8. The zero-order valence-electron chi connectivity index (χ0n) is 27.6. The number of hydrogen-bond donors (Lipinski definition) is 0. The van der Waals surface area contributed by atoms with E-state index in [-0.39, 0.29) is 31.1 Å². The predicted molar refractivity (Wildman–Crippen MR) is 169 cm³/mol. The van der Waals surface area contributed by atoms with E-state index in [2.05, 4.69) is 13.8 Å². The second-order valence-corrected chi connectivity index (χ2v) is 11.1. The van der Waals surface area contributed by atoms with Crippen LogP contribution in [0.2, 0.25) is 0 Å². The summed E-state index contributed by atoms with van der Waals surface area (Å²) in [5.74, 6) is -0.249. The van der Waals surface area contributed by atoms with E-state index in [0.717, 1.165) is 38.5 Å². The molecule has 0 aromatic rings. The lowest BCUT2D eigenvalue weighted by molar-refractivity contribution is -0.150. The van der Waals surface area contributed by atoms with Crippen LogP contribution in [-0.4, -0.2) is 78.0 Å². The summed E-state index contributed by atoms with van der Waals surface area (Å²) in [4.78, 5) is 23.8. The lowest BCUT2D eigenvalue weighted by atomic mass is 10.00. The maximum atomic E-state index is 12.0. The van der Waals surface area contributed by atoms with E-state index in [0.29, 0.717) is 59.3 Å². The number of carbonyl (C=O) groups excluding carboxylic acids is 2. The van der Waals surface area contributed by atoms with Gasteiger partial charge in [-0.15, -0.1) is 0 Å². The molecule has 0 aromatic carbocycles. The Morgan fingerprint density at radius 3 is 1.26 bits per heavy atom. The van der Waals surface area contributed by atoms with Gasteiger partial charge in [0, 0.05) is 6.42 Å². The zero-order chi connectivity index (χ0) is 30.8. The van der Waals surface area contributed by atoms with E-state index < -0.39 is 0 Å². The summed E-state index contributed by atoms with van der Waals surface area (Å²) in [6.45, 7) is 10.5. The standard InChI is InChI=1S/C34H66O8/c1-4-7-9-10-11-12-13-14-15-16-17-18-19-21-33(35)41-30-28-39-26-24-37-22-23-38-25-27-40-29-31-42-34(36)32(6-3)20-8-5-2/h32H,4-31H2,1-3H3. The molecular weight excluding hydrogens is 536 g/mol. The van der Waals surface area contributed by atoms with Crippen molar-refractivity contribution in [2.45, 2.75) is 136 Å². The smallest absolute Gasteiger partial charge is 0.308 e. The van der Waals surface area contributed by atoms with Crippen LogP contribution >= 0.6 is 0 Å². The monoisotopic (exact) mass is 602 g/mol. The van der Waals surface area contributed by atoms with Crippen molar-refractivity contribution in [2.75, 3.05) is 66.1 Å². The van der Waals surface area contributed by atoms with Gasteiger partial charge in [0.2, 0.25) is 0 Å². The molecule has 0 radical (unpaired) electrons. The molecule has 0 spiro atoms. The molecule has 8 nitrogen and oxygen atoms in total. The lowest BCUT2D eigenvalue weighted by Gasteiger charge is -2.13. The van der Waals surface area contributed by atoms with E-state index in [4.69, 9.17) is 28.4 Å². The molecule has 0 heterocycles. The lowest BCUT2D eigenvalue weighted by Crippen LogP contribution is -2.20. The molecule has 0 bridgehead atoms. The van der Waals surface area contributed by atoms with E-state index in [1.54, 1.807) is 0 Å². The van der Waals surface area contributed by atoms with Gasteiger partial charge >= 0.3 is 11.9 Å². The maximum absolute atomic E-state index is 12.0. The van der Waals surface area contributed by atoms with Gasteiger partial charge in [-0.25, -0.2) is 0 Å². The maximum Gasteiger partial charge on any atom is 0.308 e. The first kappa shape index (κ1) is 40.8. The molecule has 1 atom stereocenters. The predicted octanol–water partition coefficient (Wildman–Crippen LogP) is 7.84. The second-order valence-electron chi connectivity index (χ2n) is 11.1. The van der Waals surface area contributed by atoms with Crippen molar-refractivity contribution in [1.82, 2.24) is 0 Å². The Morgan fingerprint density at radius 1 is 0.452 bits per heavy atom. The highest BCUT2D eigenvalue weighted by Gasteiger charge is 2.16. The van der Waals surface area contributed by atoms with Gasteiger partial charge in [-0.1, -0.05) is 111 Å². The molecule has 250 valence electrons. The van der Waals surface area contributed by atoms with Crippen molar-refractivity contribution in [3.8, 4) is 0 Å². The first-order valence-electron chi connectivity index (χ1n) is 17.3. The highest BCUT2D eigenvalue weighted by molar-refractivity contribution is 5.72. The first-order chi connectivity index (χ1) is 20.7. The van der Waals surface area contributed by atoms with Gasteiger partial charge < -0.3 is 28.4 Å². The van der Waals surface area contributed by atoms with Crippen LogP contribution in [0.3, 0.4) is 0 Å². The molecule has 0 fully saturated rings. The van der Waals surface area contributed by atoms with Crippen molar-refractivity contribution in [3.05, 3.63) is 0 Å². The van der Waals surface area contributed by atoms with Crippen molar-refractivity contribution >= 4 is 11.9 Å². The number of esters is 2. The minimum Gasteiger partial charge on any atom is -0.463 e. The molecule has 0 aliphatic heterocycles. The van der Waals surface area contributed by atoms with Crippen molar-refractivity contribution in [2.24, 2.45) is 5.92 Å². The molecule has 0 amide bonds. The average molecular weight is 603 g/mol. The van der Waals surface area contributed by atoms with Gasteiger partial charge in [0.15, 0.2) is 0 Å². The normalized spacial score (nSPS) is 12.0. The summed E-state index contributed by atoms with van der Waals surface area (Å²) in [5, 5.41) is 0. The Morgan fingerprint density at radius 2 is 0.833 bits per heavy atom. The number of carbonyl (C=O) groups is 2. The van der Waals surface area contributed by atoms with E-state index in [1.165, 1.54) is 70.6 Å². The minimum atomic E-state index is -0.132. The topological polar surface area (TPSA) is 89.5 Å². The molecule has 8 heteroatoms. The van der Waals surface area contributed by atoms with E-state index in [1.807, 2.05) is 6.92 Å². The van der Waals surface area contributed by atoms with Crippen LogP contribution in [0, 0.1) is 5.92 Å². The van der Waals surface area contributed by atoms with Crippen LogP contribution in [0.1, 0.15) is 136 Å². The molecule has 0 aliphatic carbocycles. The third-order valence-electron chi connectivity index (χ3n) is 7.30. The van der Waals surface area contributed by atoms with Crippen LogP contribution in [0.15, 0.2) is 0 Å². The van der Waals surface area contributed by atoms with Crippen LogP contribution in [0.5, 0.6) is 0 Å². The van der Waals surface area contributed by atoms with Gasteiger partial charge in [0.1, 0.15) is 13.2 Å². The summed E-state index contributed by atoms with van der Waals surface area (Å²) in [7, 11) is 0. The largest absolute Gasteiger partial charge is 0.463 e. The SMILES string of the molecule is CCCCCCCCCCCCCCCC(=O)OCCOCCOCCOCCOCCOC(=O)C(CC)CCCC. The van der Waals surface area contributed by atoms with Crippen molar-refractivity contribution in [1.29, 1.82) is 0 Å². The molecule has 1 unspecified atom stereocenters. The Hall–Kier alpha value is -1.22. The molecule has 0 N–H and O–H groups in total. The highest BCUT2D eigenvalue weighted by atomic mass is 16.6. The summed E-state index contributed by atoms with van der Waals surface area (Å²) in [6.07, 6.45) is 21.2. The Balaban J connectivity index is 3.26. The fourth-order valence-electron chi connectivity index (χ4n) is 4.59.